The minimum absolute atomic E-state index is 0.0102. The molecule has 0 aliphatic carbocycles. The highest BCUT2D eigenvalue weighted by Gasteiger charge is 2.13. The summed E-state index contributed by atoms with van der Waals surface area (Å²) in [6.45, 7) is 11.5. The molecule has 0 aliphatic rings. The molecule has 0 aromatic heterocycles. The van der Waals surface area contributed by atoms with Gasteiger partial charge in [0.1, 0.15) is 0 Å². The second-order valence-electron chi connectivity index (χ2n) is 16.5. The Morgan fingerprint density at radius 3 is 1.02 bits per heavy atom. The molecule has 0 aliphatic heterocycles. The highest BCUT2D eigenvalue weighted by atomic mass is 16.5. The number of nitrogens with zero attached hydrogens (tertiary/aromatic N) is 1. The van der Waals surface area contributed by atoms with E-state index in [1.54, 1.807) is 0 Å². The molecule has 1 unspecified atom stereocenters. The van der Waals surface area contributed by atoms with Gasteiger partial charge in [0.2, 0.25) is 0 Å². The number of unbranched alkanes of at least 4 members (excludes halogenated alkanes) is 16. The average molecular weight is 722 g/mol. The Bertz CT molecular complexity index is 721. The lowest BCUT2D eigenvalue weighted by molar-refractivity contribution is -0.145. The summed E-state index contributed by atoms with van der Waals surface area (Å²) in [5.74, 6) is 2.23. The van der Waals surface area contributed by atoms with Gasteiger partial charge < -0.3 is 14.4 Å². The quantitative estimate of drug-likeness (QED) is 0.0466. The third-order valence-electron chi connectivity index (χ3n) is 11.1. The van der Waals surface area contributed by atoms with E-state index < -0.39 is 0 Å². The third-order valence-corrected chi connectivity index (χ3v) is 11.1. The zero-order chi connectivity index (χ0) is 37.6. The largest absolute Gasteiger partial charge is 0.466 e. The summed E-state index contributed by atoms with van der Waals surface area (Å²) >= 11 is 0. The summed E-state index contributed by atoms with van der Waals surface area (Å²) in [5, 5.41) is 0. The van der Waals surface area contributed by atoms with Crippen LogP contribution < -0.4 is 0 Å². The van der Waals surface area contributed by atoms with Crippen LogP contribution in [0.3, 0.4) is 0 Å². The summed E-state index contributed by atoms with van der Waals surface area (Å²) in [4.78, 5) is 27.0. The normalized spacial score (nSPS) is 12.3. The molecule has 304 valence electrons. The van der Waals surface area contributed by atoms with Crippen molar-refractivity contribution in [2.24, 2.45) is 17.8 Å². The van der Waals surface area contributed by atoms with Crippen LogP contribution in [0.5, 0.6) is 0 Å². The minimum Gasteiger partial charge on any atom is -0.466 e. The second-order valence-corrected chi connectivity index (χ2v) is 16.5. The Morgan fingerprint density at radius 1 is 0.392 bits per heavy atom. The van der Waals surface area contributed by atoms with E-state index >= 15 is 0 Å². The van der Waals surface area contributed by atoms with Gasteiger partial charge in [-0.3, -0.25) is 9.59 Å². The first-order chi connectivity index (χ1) is 24.9. The summed E-state index contributed by atoms with van der Waals surface area (Å²) in [6.07, 6.45) is 38.5. The van der Waals surface area contributed by atoms with Crippen LogP contribution in [0, 0.1) is 17.8 Å². The van der Waals surface area contributed by atoms with E-state index in [0.717, 1.165) is 56.3 Å². The topological polar surface area (TPSA) is 55.8 Å². The van der Waals surface area contributed by atoms with Gasteiger partial charge >= 0.3 is 11.9 Å². The summed E-state index contributed by atoms with van der Waals surface area (Å²) < 4.78 is 11.3. The molecule has 51 heavy (non-hydrogen) atoms. The number of hydrogen-bond donors (Lipinski definition) is 0. The molecular weight excluding hydrogens is 631 g/mol. The van der Waals surface area contributed by atoms with Crippen LogP contribution in [-0.4, -0.2) is 50.7 Å². The van der Waals surface area contributed by atoms with Crippen LogP contribution in [0.4, 0.5) is 0 Å². The second kappa shape index (κ2) is 38.6. The number of carbonyl (C=O) groups is 2. The van der Waals surface area contributed by atoms with Gasteiger partial charge in [0, 0.05) is 19.4 Å². The van der Waals surface area contributed by atoms with E-state index in [1.807, 2.05) is 0 Å². The van der Waals surface area contributed by atoms with Gasteiger partial charge in [-0.05, 0) is 70.4 Å². The fourth-order valence-electron chi connectivity index (χ4n) is 7.73. The zero-order valence-corrected chi connectivity index (χ0v) is 35.6. The van der Waals surface area contributed by atoms with Crippen molar-refractivity contribution >= 4 is 11.9 Å². The maximum atomic E-state index is 12.3. The van der Waals surface area contributed by atoms with E-state index in [-0.39, 0.29) is 11.9 Å². The molecule has 0 heterocycles. The lowest BCUT2D eigenvalue weighted by Crippen LogP contribution is -2.21. The Balaban J connectivity index is 3.98. The standard InChI is InChI=1S/C46H91NO4/c1-7-11-21-29-42(30-22-12-8-2)37-39-50-45(48)35-27-18-16-15-17-25-33-44(41-47(5)6)34-26-19-20-28-36-46(49)51-40-38-43(31-23-13-9-3)32-24-14-10-4/h42-44H,7-41H2,1-6H3. The zero-order valence-electron chi connectivity index (χ0n) is 35.6. The fourth-order valence-corrected chi connectivity index (χ4v) is 7.73. The molecule has 0 aromatic rings. The van der Waals surface area contributed by atoms with Crippen LogP contribution in [0.1, 0.15) is 233 Å². The molecule has 0 bridgehead atoms. The predicted molar refractivity (Wildman–Crippen MR) is 221 cm³/mol. The first kappa shape index (κ1) is 49.9. The molecule has 0 saturated carbocycles. The fraction of sp³-hybridized carbons (Fsp3) is 0.957. The molecule has 0 saturated heterocycles. The lowest BCUT2D eigenvalue weighted by Gasteiger charge is -2.21. The average Bonchev–Trinajstić information content (AvgIpc) is 3.10. The molecule has 1 atom stereocenters. The first-order valence-electron chi connectivity index (χ1n) is 22.8. The number of rotatable bonds is 40. The van der Waals surface area contributed by atoms with E-state index in [4.69, 9.17) is 9.47 Å². The van der Waals surface area contributed by atoms with Crippen molar-refractivity contribution in [3.05, 3.63) is 0 Å². The van der Waals surface area contributed by atoms with Gasteiger partial charge in [0.15, 0.2) is 0 Å². The van der Waals surface area contributed by atoms with Gasteiger partial charge in [0.25, 0.3) is 0 Å². The minimum atomic E-state index is 0.0102. The van der Waals surface area contributed by atoms with Gasteiger partial charge in [-0.2, -0.15) is 0 Å². The van der Waals surface area contributed by atoms with Gasteiger partial charge in [-0.25, -0.2) is 0 Å². The smallest absolute Gasteiger partial charge is 0.305 e. The van der Waals surface area contributed by atoms with Crippen LogP contribution in [0.15, 0.2) is 0 Å². The molecule has 0 spiro atoms. The SMILES string of the molecule is CCCCCC(CCCCC)CCOC(=O)CCCCCCCCC(CCCCCCC(=O)OCCC(CCCCC)CCCCC)CN(C)C. The number of hydrogen-bond acceptors (Lipinski definition) is 5. The highest BCUT2D eigenvalue weighted by molar-refractivity contribution is 5.69. The molecule has 5 nitrogen and oxygen atoms in total. The molecule has 0 aromatic carbocycles. The number of carbonyl (C=O) groups excluding carboxylic acids is 2. The van der Waals surface area contributed by atoms with Crippen molar-refractivity contribution < 1.29 is 19.1 Å². The van der Waals surface area contributed by atoms with Crippen LogP contribution in [0.25, 0.3) is 0 Å². The van der Waals surface area contributed by atoms with E-state index in [0.29, 0.717) is 26.1 Å². The van der Waals surface area contributed by atoms with Crippen molar-refractivity contribution in [3.8, 4) is 0 Å². The number of ether oxygens (including phenoxy) is 2. The Labute approximate surface area is 319 Å². The first-order valence-corrected chi connectivity index (χ1v) is 22.8. The van der Waals surface area contributed by atoms with Gasteiger partial charge in [-0.1, -0.05) is 182 Å². The summed E-state index contributed by atoms with van der Waals surface area (Å²) in [5.41, 5.74) is 0. The van der Waals surface area contributed by atoms with Crippen molar-refractivity contribution in [3.63, 3.8) is 0 Å². The molecule has 0 rings (SSSR count). The molecule has 0 radical (unpaired) electrons. The van der Waals surface area contributed by atoms with Crippen molar-refractivity contribution in [2.45, 2.75) is 233 Å². The van der Waals surface area contributed by atoms with E-state index in [2.05, 4.69) is 46.7 Å². The molecule has 0 amide bonds. The summed E-state index contributed by atoms with van der Waals surface area (Å²) in [6, 6.07) is 0. The van der Waals surface area contributed by atoms with E-state index in [1.165, 1.54) is 161 Å². The highest BCUT2D eigenvalue weighted by Crippen LogP contribution is 2.23. The maximum Gasteiger partial charge on any atom is 0.305 e. The third kappa shape index (κ3) is 35.7. The maximum absolute atomic E-state index is 12.3. The van der Waals surface area contributed by atoms with Crippen LogP contribution in [0.2, 0.25) is 0 Å². The Morgan fingerprint density at radius 2 is 0.686 bits per heavy atom. The van der Waals surface area contributed by atoms with Gasteiger partial charge in [0.05, 0.1) is 13.2 Å². The number of esters is 2. The van der Waals surface area contributed by atoms with Crippen LogP contribution >= 0.6 is 0 Å². The van der Waals surface area contributed by atoms with Gasteiger partial charge in [-0.15, -0.1) is 0 Å². The molecule has 5 heteroatoms. The predicted octanol–water partition coefficient (Wildman–Crippen LogP) is 14.0. The molecular formula is C46H91NO4. The van der Waals surface area contributed by atoms with Crippen molar-refractivity contribution in [2.75, 3.05) is 33.9 Å². The monoisotopic (exact) mass is 722 g/mol. The molecule has 0 fully saturated rings. The molecule has 0 N–H and O–H groups in total. The summed E-state index contributed by atoms with van der Waals surface area (Å²) in [7, 11) is 4.39. The Hall–Kier alpha value is -1.10. The van der Waals surface area contributed by atoms with Crippen LogP contribution in [-0.2, 0) is 19.1 Å². The van der Waals surface area contributed by atoms with Crippen molar-refractivity contribution in [1.82, 2.24) is 4.90 Å². The lowest BCUT2D eigenvalue weighted by atomic mass is 9.92. The van der Waals surface area contributed by atoms with E-state index in [9.17, 15) is 9.59 Å². The van der Waals surface area contributed by atoms with Crippen molar-refractivity contribution in [1.29, 1.82) is 0 Å². The Kier molecular flexibility index (Phi) is 37.8.